The number of carbonyl (C=O) groups is 2. The molecular weight excluding hydrogens is 278 g/mol. The van der Waals surface area contributed by atoms with E-state index in [2.05, 4.69) is 10.3 Å². The predicted molar refractivity (Wildman–Crippen MR) is 72.2 cm³/mol. The number of non-ortho nitro benzene ring substituents is 1. The summed E-state index contributed by atoms with van der Waals surface area (Å²) in [7, 11) is 0. The van der Waals surface area contributed by atoms with Gasteiger partial charge in [0.1, 0.15) is 11.4 Å². The van der Waals surface area contributed by atoms with Crippen LogP contribution in [-0.2, 0) is 0 Å². The SMILES string of the molecule is O=C(Nc1ncccc1C(=O)O)c1ccc([N+](=O)[O-])cc1. The van der Waals surface area contributed by atoms with Gasteiger partial charge >= 0.3 is 5.97 Å². The number of hydrogen-bond donors (Lipinski definition) is 2. The fraction of sp³-hybridized carbons (Fsp3) is 0. The molecule has 0 saturated heterocycles. The Kier molecular flexibility index (Phi) is 3.89. The van der Waals surface area contributed by atoms with Crippen LogP contribution in [0.4, 0.5) is 11.5 Å². The highest BCUT2D eigenvalue weighted by molar-refractivity contribution is 6.06. The number of rotatable bonds is 4. The second kappa shape index (κ2) is 5.78. The lowest BCUT2D eigenvalue weighted by molar-refractivity contribution is -0.384. The molecule has 0 spiro atoms. The maximum absolute atomic E-state index is 12.0. The molecule has 21 heavy (non-hydrogen) atoms. The topological polar surface area (TPSA) is 122 Å². The summed E-state index contributed by atoms with van der Waals surface area (Å²) in [5.74, 6) is -1.92. The number of aromatic nitrogens is 1. The summed E-state index contributed by atoms with van der Waals surface area (Å²) < 4.78 is 0. The minimum atomic E-state index is -1.22. The predicted octanol–water partition coefficient (Wildman–Crippen LogP) is 1.94. The van der Waals surface area contributed by atoms with E-state index in [1.165, 1.54) is 42.6 Å². The molecule has 8 heteroatoms. The average Bonchev–Trinajstić information content (AvgIpc) is 2.47. The Hall–Kier alpha value is -3.29. The van der Waals surface area contributed by atoms with Crippen molar-refractivity contribution in [2.45, 2.75) is 0 Å². The molecule has 1 aromatic carbocycles. The molecule has 1 aromatic heterocycles. The van der Waals surface area contributed by atoms with Crippen molar-refractivity contribution in [2.75, 3.05) is 5.32 Å². The number of hydrogen-bond acceptors (Lipinski definition) is 5. The van der Waals surface area contributed by atoms with Crippen LogP contribution in [0.2, 0.25) is 0 Å². The van der Waals surface area contributed by atoms with Gasteiger partial charge in [-0.15, -0.1) is 0 Å². The molecule has 1 heterocycles. The van der Waals surface area contributed by atoms with E-state index in [4.69, 9.17) is 5.11 Å². The maximum atomic E-state index is 12.0. The fourth-order valence-corrected chi connectivity index (χ4v) is 1.59. The summed E-state index contributed by atoms with van der Waals surface area (Å²) in [6, 6.07) is 7.66. The number of carboxylic acids is 1. The van der Waals surface area contributed by atoms with E-state index in [-0.39, 0.29) is 22.6 Å². The van der Waals surface area contributed by atoms with E-state index >= 15 is 0 Å². The van der Waals surface area contributed by atoms with Crippen LogP contribution in [-0.4, -0.2) is 26.9 Å². The van der Waals surface area contributed by atoms with Crippen molar-refractivity contribution >= 4 is 23.4 Å². The normalized spacial score (nSPS) is 9.90. The van der Waals surface area contributed by atoms with Crippen LogP contribution < -0.4 is 5.32 Å². The Labute approximate surface area is 118 Å². The van der Waals surface area contributed by atoms with Gasteiger partial charge in [0.2, 0.25) is 0 Å². The van der Waals surface area contributed by atoms with Crippen molar-refractivity contribution in [3.63, 3.8) is 0 Å². The first kappa shape index (κ1) is 14.1. The summed E-state index contributed by atoms with van der Waals surface area (Å²) in [5.41, 5.74) is -0.133. The maximum Gasteiger partial charge on any atom is 0.339 e. The minimum Gasteiger partial charge on any atom is -0.478 e. The molecule has 0 aliphatic heterocycles. The summed E-state index contributed by atoms with van der Waals surface area (Å²) >= 11 is 0. The van der Waals surface area contributed by atoms with Crippen LogP contribution in [0.25, 0.3) is 0 Å². The number of amides is 1. The van der Waals surface area contributed by atoms with E-state index in [9.17, 15) is 19.7 Å². The molecule has 2 aromatic rings. The number of carboxylic acid groups (broad SMARTS) is 1. The number of nitro benzene ring substituents is 1. The number of nitro groups is 1. The lowest BCUT2D eigenvalue weighted by atomic mass is 10.2. The first-order valence-corrected chi connectivity index (χ1v) is 5.73. The molecule has 106 valence electrons. The molecule has 0 bridgehead atoms. The number of pyridine rings is 1. The number of aromatic carboxylic acids is 1. The van der Waals surface area contributed by atoms with Crippen LogP contribution in [0.5, 0.6) is 0 Å². The molecule has 2 N–H and O–H groups in total. The van der Waals surface area contributed by atoms with Gasteiger partial charge in [-0.2, -0.15) is 0 Å². The molecule has 1 amide bonds. The van der Waals surface area contributed by atoms with E-state index in [0.29, 0.717) is 0 Å². The molecule has 0 fully saturated rings. The smallest absolute Gasteiger partial charge is 0.339 e. The molecule has 8 nitrogen and oxygen atoms in total. The Balaban J connectivity index is 2.22. The van der Waals surface area contributed by atoms with Crippen LogP contribution >= 0.6 is 0 Å². The van der Waals surface area contributed by atoms with Gasteiger partial charge in [0.05, 0.1) is 4.92 Å². The zero-order chi connectivity index (χ0) is 15.4. The second-order valence-corrected chi connectivity index (χ2v) is 3.96. The van der Waals surface area contributed by atoms with Crippen molar-refractivity contribution in [2.24, 2.45) is 0 Å². The Bertz CT molecular complexity index is 712. The van der Waals surface area contributed by atoms with Crippen LogP contribution in [0.1, 0.15) is 20.7 Å². The van der Waals surface area contributed by atoms with Crippen molar-refractivity contribution in [1.82, 2.24) is 4.98 Å². The van der Waals surface area contributed by atoms with Crippen molar-refractivity contribution in [3.05, 3.63) is 63.8 Å². The monoisotopic (exact) mass is 287 g/mol. The fourth-order valence-electron chi connectivity index (χ4n) is 1.59. The van der Waals surface area contributed by atoms with E-state index in [1.54, 1.807) is 0 Å². The number of nitrogens with one attached hydrogen (secondary N) is 1. The van der Waals surface area contributed by atoms with E-state index in [0.717, 1.165) is 0 Å². The molecular formula is C13H9N3O5. The largest absolute Gasteiger partial charge is 0.478 e. The standard InChI is InChI=1S/C13H9N3O5/c17-12(8-3-5-9(6-4-8)16(20)21)15-11-10(13(18)19)2-1-7-14-11/h1-7H,(H,18,19)(H,14,15,17). The van der Waals surface area contributed by atoms with Crippen molar-refractivity contribution < 1.29 is 19.6 Å². The van der Waals surface area contributed by atoms with Crippen LogP contribution in [0.3, 0.4) is 0 Å². The van der Waals surface area contributed by atoms with Gasteiger partial charge < -0.3 is 10.4 Å². The highest BCUT2D eigenvalue weighted by Gasteiger charge is 2.15. The second-order valence-electron chi connectivity index (χ2n) is 3.96. The molecule has 0 aliphatic rings. The summed E-state index contributed by atoms with van der Waals surface area (Å²) in [4.78, 5) is 36.7. The highest BCUT2D eigenvalue weighted by Crippen LogP contribution is 2.15. The van der Waals surface area contributed by atoms with Crippen LogP contribution in [0, 0.1) is 10.1 Å². The summed E-state index contributed by atoms with van der Waals surface area (Å²) in [5, 5.41) is 21.9. The summed E-state index contributed by atoms with van der Waals surface area (Å²) in [6.07, 6.45) is 1.35. The zero-order valence-corrected chi connectivity index (χ0v) is 10.5. The Morgan fingerprint density at radius 2 is 1.86 bits per heavy atom. The minimum absolute atomic E-state index is 0.0895. The zero-order valence-electron chi connectivity index (χ0n) is 10.5. The molecule has 0 unspecified atom stereocenters. The third-order valence-corrected chi connectivity index (χ3v) is 2.61. The van der Waals surface area contributed by atoms with Gasteiger partial charge in [0.25, 0.3) is 11.6 Å². The molecule has 0 saturated carbocycles. The number of carbonyl (C=O) groups excluding carboxylic acids is 1. The third-order valence-electron chi connectivity index (χ3n) is 2.61. The quantitative estimate of drug-likeness (QED) is 0.654. The molecule has 0 aliphatic carbocycles. The van der Waals surface area contributed by atoms with Gasteiger partial charge in [-0.3, -0.25) is 14.9 Å². The van der Waals surface area contributed by atoms with Gasteiger partial charge in [0, 0.05) is 23.9 Å². The van der Waals surface area contributed by atoms with Crippen molar-refractivity contribution in [3.8, 4) is 0 Å². The first-order valence-electron chi connectivity index (χ1n) is 5.73. The van der Waals surface area contributed by atoms with Crippen LogP contribution in [0.15, 0.2) is 42.6 Å². The van der Waals surface area contributed by atoms with Gasteiger partial charge in [0.15, 0.2) is 0 Å². The van der Waals surface area contributed by atoms with Gasteiger partial charge in [-0.1, -0.05) is 0 Å². The lowest BCUT2D eigenvalue weighted by Crippen LogP contribution is -2.16. The first-order chi connectivity index (χ1) is 9.99. The molecule has 2 rings (SSSR count). The highest BCUT2D eigenvalue weighted by atomic mass is 16.6. The molecule has 0 atom stereocenters. The lowest BCUT2D eigenvalue weighted by Gasteiger charge is -2.06. The van der Waals surface area contributed by atoms with E-state index < -0.39 is 16.8 Å². The Morgan fingerprint density at radius 3 is 2.43 bits per heavy atom. The van der Waals surface area contributed by atoms with Gasteiger partial charge in [-0.25, -0.2) is 9.78 Å². The number of anilines is 1. The number of benzene rings is 1. The van der Waals surface area contributed by atoms with Crippen molar-refractivity contribution in [1.29, 1.82) is 0 Å². The van der Waals surface area contributed by atoms with Gasteiger partial charge in [-0.05, 0) is 24.3 Å². The molecule has 0 radical (unpaired) electrons. The number of nitrogens with zero attached hydrogens (tertiary/aromatic N) is 2. The Morgan fingerprint density at radius 1 is 1.19 bits per heavy atom. The average molecular weight is 287 g/mol. The summed E-state index contributed by atoms with van der Waals surface area (Å²) in [6.45, 7) is 0. The van der Waals surface area contributed by atoms with E-state index in [1.807, 2.05) is 0 Å². The third kappa shape index (κ3) is 3.18.